The number of benzene rings is 2. The zero-order chi connectivity index (χ0) is 23.9. The molecular formula is C25H31N5O4. The van der Waals surface area contributed by atoms with Crippen LogP contribution in [-0.4, -0.2) is 40.6 Å². The fourth-order valence-corrected chi connectivity index (χ4v) is 3.58. The van der Waals surface area contributed by atoms with Crippen LogP contribution in [0.2, 0.25) is 0 Å². The number of carbonyl (C=O) groups excluding carboxylic acids is 1. The summed E-state index contributed by atoms with van der Waals surface area (Å²) in [6.45, 7) is 3.34. The Morgan fingerprint density at radius 3 is 2.44 bits per heavy atom. The molecule has 0 atom stereocenters. The van der Waals surface area contributed by atoms with Crippen molar-refractivity contribution < 1.29 is 14.3 Å². The average molecular weight is 466 g/mol. The Bertz CT molecular complexity index is 1150. The highest BCUT2D eigenvalue weighted by atomic mass is 16.5. The lowest BCUT2D eigenvalue weighted by molar-refractivity contribution is 0.251. The second-order valence-corrected chi connectivity index (χ2v) is 8.27. The first-order valence-electron chi connectivity index (χ1n) is 11.7. The molecule has 1 aromatic heterocycles. The first-order chi connectivity index (χ1) is 16.6. The lowest BCUT2D eigenvalue weighted by Crippen LogP contribution is -2.34. The molecule has 1 fully saturated rings. The predicted molar refractivity (Wildman–Crippen MR) is 131 cm³/mol. The number of urea groups is 1. The summed E-state index contributed by atoms with van der Waals surface area (Å²) in [5.41, 5.74) is 1.36. The normalized spacial score (nSPS) is 12.9. The van der Waals surface area contributed by atoms with Gasteiger partial charge in [-0.05, 0) is 67.8 Å². The van der Waals surface area contributed by atoms with E-state index in [1.165, 1.54) is 4.68 Å². The van der Waals surface area contributed by atoms with Crippen molar-refractivity contribution in [2.45, 2.75) is 45.2 Å². The van der Waals surface area contributed by atoms with E-state index in [1.54, 1.807) is 23.8 Å². The Kier molecular flexibility index (Phi) is 7.51. The number of hydrogen-bond acceptors (Lipinski definition) is 5. The Labute approximate surface area is 198 Å². The van der Waals surface area contributed by atoms with Gasteiger partial charge in [0.05, 0.1) is 20.3 Å². The highest BCUT2D eigenvalue weighted by Gasteiger charge is 2.30. The number of anilines is 1. The van der Waals surface area contributed by atoms with E-state index in [0.717, 1.165) is 42.7 Å². The standard InChI is InChI=1S/C25H31N5O4/c1-3-4-17-34-22-13-7-19(8-14-22)27-24(31)26-15-16-29-25(32)30(20-9-10-20)23(28-29)18-5-11-21(33-2)12-6-18/h5-8,11-14,20H,3-4,9-10,15-17H2,1-2H3,(H2,26,27,31). The van der Waals surface area contributed by atoms with Crippen molar-refractivity contribution >= 4 is 11.7 Å². The summed E-state index contributed by atoms with van der Waals surface area (Å²) in [4.78, 5) is 25.2. The van der Waals surface area contributed by atoms with E-state index in [1.807, 2.05) is 36.4 Å². The van der Waals surface area contributed by atoms with E-state index >= 15 is 0 Å². The third kappa shape index (κ3) is 5.78. The van der Waals surface area contributed by atoms with E-state index in [4.69, 9.17) is 9.47 Å². The van der Waals surface area contributed by atoms with Crippen LogP contribution in [0.25, 0.3) is 11.4 Å². The third-order valence-electron chi connectivity index (χ3n) is 5.62. The lowest BCUT2D eigenvalue weighted by Gasteiger charge is -2.09. The second-order valence-electron chi connectivity index (χ2n) is 8.27. The Morgan fingerprint density at radius 2 is 1.79 bits per heavy atom. The SMILES string of the molecule is CCCCOc1ccc(NC(=O)NCCn2nc(-c3ccc(OC)cc3)n(C3CC3)c2=O)cc1. The van der Waals surface area contributed by atoms with Gasteiger partial charge in [0, 0.05) is 23.8 Å². The van der Waals surface area contributed by atoms with E-state index in [-0.39, 0.29) is 30.9 Å². The molecule has 2 aromatic carbocycles. The minimum absolute atomic E-state index is 0.158. The number of nitrogens with zero attached hydrogens (tertiary/aromatic N) is 3. The molecule has 0 spiro atoms. The molecule has 1 aliphatic rings. The smallest absolute Gasteiger partial charge is 0.346 e. The number of methoxy groups -OCH3 is 1. The Hall–Kier alpha value is -3.75. The van der Waals surface area contributed by atoms with Crippen LogP contribution in [0.4, 0.5) is 10.5 Å². The summed E-state index contributed by atoms with van der Waals surface area (Å²) in [7, 11) is 1.62. The number of aromatic nitrogens is 3. The van der Waals surface area contributed by atoms with Crippen molar-refractivity contribution in [2.75, 3.05) is 25.6 Å². The maximum absolute atomic E-state index is 13.0. The van der Waals surface area contributed by atoms with Crippen molar-refractivity contribution in [3.8, 4) is 22.9 Å². The van der Waals surface area contributed by atoms with Gasteiger partial charge in [0.25, 0.3) is 0 Å². The molecule has 9 heteroatoms. The van der Waals surface area contributed by atoms with E-state index in [0.29, 0.717) is 18.1 Å². The molecule has 180 valence electrons. The molecule has 0 unspecified atom stereocenters. The van der Waals surface area contributed by atoms with Gasteiger partial charge in [-0.3, -0.25) is 4.57 Å². The molecule has 9 nitrogen and oxygen atoms in total. The monoisotopic (exact) mass is 465 g/mol. The van der Waals surface area contributed by atoms with Gasteiger partial charge >= 0.3 is 11.7 Å². The molecule has 1 aliphatic carbocycles. The van der Waals surface area contributed by atoms with Gasteiger partial charge in [0.2, 0.25) is 0 Å². The molecule has 4 rings (SSSR count). The van der Waals surface area contributed by atoms with Gasteiger partial charge in [-0.25, -0.2) is 14.3 Å². The van der Waals surface area contributed by atoms with Crippen LogP contribution in [0.5, 0.6) is 11.5 Å². The maximum atomic E-state index is 13.0. The summed E-state index contributed by atoms with van der Waals surface area (Å²) in [5, 5.41) is 10.1. The van der Waals surface area contributed by atoms with Crippen LogP contribution >= 0.6 is 0 Å². The zero-order valence-electron chi connectivity index (χ0n) is 19.6. The lowest BCUT2D eigenvalue weighted by atomic mass is 10.2. The van der Waals surface area contributed by atoms with Crippen molar-refractivity contribution in [2.24, 2.45) is 0 Å². The quantitative estimate of drug-likeness (QED) is 0.416. The fourth-order valence-electron chi connectivity index (χ4n) is 3.58. The number of ether oxygens (including phenoxy) is 2. The first kappa shape index (κ1) is 23.4. The van der Waals surface area contributed by atoms with Gasteiger partial charge in [-0.2, -0.15) is 0 Å². The third-order valence-corrected chi connectivity index (χ3v) is 5.62. The molecule has 2 N–H and O–H groups in total. The van der Waals surface area contributed by atoms with Gasteiger partial charge in [0.1, 0.15) is 11.5 Å². The van der Waals surface area contributed by atoms with Crippen LogP contribution in [0.3, 0.4) is 0 Å². The van der Waals surface area contributed by atoms with E-state index < -0.39 is 0 Å². The fraction of sp³-hybridized carbons (Fsp3) is 0.400. The van der Waals surface area contributed by atoms with Crippen LogP contribution in [-0.2, 0) is 6.54 Å². The number of nitrogens with one attached hydrogen (secondary N) is 2. The summed E-state index contributed by atoms with van der Waals surface area (Å²) >= 11 is 0. The summed E-state index contributed by atoms with van der Waals surface area (Å²) < 4.78 is 14.0. The van der Waals surface area contributed by atoms with Crippen molar-refractivity contribution in [3.05, 3.63) is 59.0 Å². The number of rotatable bonds is 11. The molecule has 3 aromatic rings. The number of carbonyl (C=O) groups is 1. The Balaban J connectivity index is 1.33. The molecule has 1 saturated carbocycles. The summed E-state index contributed by atoms with van der Waals surface area (Å²) in [6, 6.07) is 14.6. The van der Waals surface area contributed by atoms with E-state index in [2.05, 4.69) is 22.7 Å². The average Bonchev–Trinajstić information content (AvgIpc) is 3.64. The van der Waals surface area contributed by atoms with Gasteiger partial charge in [-0.1, -0.05) is 13.3 Å². The predicted octanol–water partition coefficient (Wildman–Crippen LogP) is 4.06. The highest BCUT2D eigenvalue weighted by molar-refractivity contribution is 5.89. The topological polar surface area (TPSA) is 99.4 Å². The molecule has 0 radical (unpaired) electrons. The van der Waals surface area contributed by atoms with Crippen LogP contribution in [0, 0.1) is 0 Å². The Morgan fingerprint density at radius 1 is 1.09 bits per heavy atom. The minimum atomic E-state index is -0.343. The maximum Gasteiger partial charge on any atom is 0.346 e. The van der Waals surface area contributed by atoms with Crippen molar-refractivity contribution in [1.82, 2.24) is 19.7 Å². The molecule has 1 heterocycles. The zero-order valence-corrected chi connectivity index (χ0v) is 19.6. The number of amides is 2. The molecule has 0 aliphatic heterocycles. The molecule has 34 heavy (non-hydrogen) atoms. The van der Waals surface area contributed by atoms with E-state index in [9.17, 15) is 9.59 Å². The van der Waals surface area contributed by atoms with Crippen LogP contribution in [0.1, 0.15) is 38.6 Å². The highest BCUT2D eigenvalue weighted by Crippen LogP contribution is 2.36. The first-order valence-corrected chi connectivity index (χ1v) is 11.7. The van der Waals surface area contributed by atoms with Gasteiger partial charge in [-0.15, -0.1) is 5.10 Å². The molecular weight excluding hydrogens is 434 g/mol. The largest absolute Gasteiger partial charge is 0.497 e. The summed E-state index contributed by atoms with van der Waals surface area (Å²) in [5.74, 6) is 2.16. The van der Waals surface area contributed by atoms with Gasteiger partial charge in [0.15, 0.2) is 5.82 Å². The molecule has 0 saturated heterocycles. The van der Waals surface area contributed by atoms with Crippen LogP contribution in [0.15, 0.2) is 53.3 Å². The van der Waals surface area contributed by atoms with Crippen molar-refractivity contribution in [3.63, 3.8) is 0 Å². The van der Waals surface area contributed by atoms with Crippen molar-refractivity contribution in [1.29, 1.82) is 0 Å². The number of hydrogen-bond donors (Lipinski definition) is 2. The summed E-state index contributed by atoms with van der Waals surface area (Å²) in [6.07, 6.45) is 4.03. The minimum Gasteiger partial charge on any atom is -0.497 e. The number of unbranched alkanes of at least 4 members (excludes halogenated alkanes) is 1. The molecule has 2 amide bonds. The second kappa shape index (κ2) is 10.9. The van der Waals surface area contributed by atoms with Gasteiger partial charge < -0.3 is 20.1 Å². The van der Waals surface area contributed by atoms with Crippen LogP contribution < -0.4 is 25.8 Å². The molecule has 0 bridgehead atoms.